The van der Waals surface area contributed by atoms with Crippen molar-refractivity contribution >= 4 is 51.7 Å². The summed E-state index contributed by atoms with van der Waals surface area (Å²) in [6.07, 6.45) is 1.09. The quantitative estimate of drug-likeness (QED) is 0.233. The highest BCUT2D eigenvalue weighted by Gasteiger charge is 2.18. The van der Waals surface area contributed by atoms with Gasteiger partial charge in [-0.1, -0.05) is 42.5 Å². The third-order valence-electron chi connectivity index (χ3n) is 4.75. The molecule has 0 atom stereocenters. The minimum absolute atomic E-state index is 0.137. The van der Waals surface area contributed by atoms with Crippen molar-refractivity contribution in [2.45, 2.75) is 20.3 Å². The van der Waals surface area contributed by atoms with Crippen LogP contribution in [0.3, 0.4) is 0 Å². The van der Waals surface area contributed by atoms with E-state index >= 15 is 0 Å². The summed E-state index contributed by atoms with van der Waals surface area (Å²) in [5, 5.41) is 8.54. The van der Waals surface area contributed by atoms with Crippen LogP contribution in [0.4, 0.5) is 10.8 Å². The number of ether oxygens (including phenoxy) is 1. The Hall–Kier alpha value is -3.89. The fourth-order valence-electron chi connectivity index (χ4n) is 3.07. The molecule has 4 rings (SSSR count). The van der Waals surface area contributed by atoms with Gasteiger partial charge in [0.05, 0.1) is 29.3 Å². The van der Waals surface area contributed by atoms with Crippen LogP contribution >= 0.6 is 22.7 Å². The Morgan fingerprint density at radius 3 is 2.53 bits per heavy atom. The molecular formula is C26H26N4O4S2. The number of carbonyl (C=O) groups excluding carboxylic acids is 3. The number of aldehydes is 1. The Kier molecular flexibility index (Phi) is 9.84. The zero-order valence-corrected chi connectivity index (χ0v) is 21.7. The molecule has 2 N–H and O–H groups in total. The molecule has 1 amide bonds. The first-order chi connectivity index (χ1) is 17.4. The summed E-state index contributed by atoms with van der Waals surface area (Å²) in [5.41, 5.74) is 3.99. The van der Waals surface area contributed by atoms with E-state index in [1.54, 1.807) is 19.1 Å². The lowest BCUT2D eigenvalue weighted by atomic mass is 10.1. The second-order valence-corrected chi connectivity index (χ2v) is 9.25. The largest absolute Gasteiger partial charge is 0.461 e. The standard InChI is InChI=1S/C19H20N4O3S2.C7H6O/c1-4-26-18(25)17-21-11(2)16(28-17)14-10-27-19(22-14)23-15(24)9-12-6-5-7-13(8-12)20-3;8-6-7-4-2-1-3-5-7/h5-8,10,20H,4,9H2,1-3H3,(H,22,23,24);1-6H. The second-order valence-electron chi connectivity index (χ2n) is 7.40. The Morgan fingerprint density at radius 2 is 1.86 bits per heavy atom. The van der Waals surface area contributed by atoms with Crippen molar-refractivity contribution in [3.63, 3.8) is 0 Å². The number of esters is 1. The van der Waals surface area contributed by atoms with Gasteiger partial charge in [-0.3, -0.25) is 9.59 Å². The fraction of sp³-hybridized carbons (Fsp3) is 0.192. The normalized spacial score (nSPS) is 10.1. The van der Waals surface area contributed by atoms with E-state index in [9.17, 15) is 14.4 Å². The van der Waals surface area contributed by atoms with Crippen molar-refractivity contribution in [1.82, 2.24) is 9.97 Å². The predicted molar refractivity (Wildman–Crippen MR) is 144 cm³/mol. The van der Waals surface area contributed by atoms with Gasteiger partial charge in [0.1, 0.15) is 6.29 Å². The van der Waals surface area contributed by atoms with Gasteiger partial charge in [-0.15, -0.1) is 22.7 Å². The summed E-state index contributed by atoms with van der Waals surface area (Å²) in [5.74, 6) is -0.572. The van der Waals surface area contributed by atoms with Crippen LogP contribution in [0.25, 0.3) is 10.6 Å². The molecule has 0 aliphatic heterocycles. The molecule has 0 aliphatic carbocycles. The molecule has 0 spiro atoms. The molecule has 0 fully saturated rings. The van der Waals surface area contributed by atoms with E-state index in [2.05, 4.69) is 20.6 Å². The molecular weight excluding hydrogens is 496 g/mol. The lowest BCUT2D eigenvalue weighted by Crippen LogP contribution is -2.14. The number of nitrogens with one attached hydrogen (secondary N) is 2. The maximum Gasteiger partial charge on any atom is 0.367 e. The highest BCUT2D eigenvalue weighted by Crippen LogP contribution is 2.32. The Morgan fingerprint density at radius 1 is 1.08 bits per heavy atom. The smallest absolute Gasteiger partial charge is 0.367 e. The molecule has 8 nitrogen and oxygen atoms in total. The van der Waals surface area contributed by atoms with Crippen molar-refractivity contribution in [2.24, 2.45) is 0 Å². The number of benzene rings is 2. The number of rotatable bonds is 8. The summed E-state index contributed by atoms with van der Waals surface area (Å²) in [7, 11) is 1.84. The average molecular weight is 523 g/mol. The summed E-state index contributed by atoms with van der Waals surface area (Å²) < 4.78 is 4.99. The summed E-state index contributed by atoms with van der Waals surface area (Å²) in [6, 6.07) is 16.8. The molecule has 0 unspecified atom stereocenters. The van der Waals surface area contributed by atoms with Crippen LogP contribution in [0.15, 0.2) is 60.0 Å². The van der Waals surface area contributed by atoms with Crippen molar-refractivity contribution in [3.05, 3.63) is 81.8 Å². The predicted octanol–water partition coefficient (Wildman–Crippen LogP) is 5.47. The number of aryl methyl sites for hydroxylation is 1. The Bertz CT molecular complexity index is 1320. The molecule has 0 saturated carbocycles. The zero-order chi connectivity index (χ0) is 25.9. The van der Waals surface area contributed by atoms with Crippen molar-refractivity contribution in [2.75, 3.05) is 24.3 Å². The number of hydrogen-bond donors (Lipinski definition) is 2. The average Bonchev–Trinajstić information content (AvgIpc) is 3.51. The third kappa shape index (κ3) is 7.56. The van der Waals surface area contributed by atoms with Crippen LogP contribution in [0.1, 0.15) is 38.3 Å². The highest BCUT2D eigenvalue weighted by atomic mass is 32.1. The monoisotopic (exact) mass is 522 g/mol. The zero-order valence-electron chi connectivity index (χ0n) is 20.1. The number of anilines is 2. The fourth-order valence-corrected chi connectivity index (χ4v) is 4.78. The molecule has 186 valence electrons. The van der Waals surface area contributed by atoms with Gasteiger partial charge in [0.25, 0.3) is 0 Å². The third-order valence-corrected chi connectivity index (χ3v) is 6.66. The first-order valence-corrected chi connectivity index (χ1v) is 12.8. The molecule has 0 aliphatic rings. The van der Waals surface area contributed by atoms with E-state index in [1.165, 1.54) is 22.7 Å². The lowest BCUT2D eigenvalue weighted by molar-refractivity contribution is -0.115. The molecule has 4 aromatic rings. The molecule has 0 bridgehead atoms. The number of hydrogen-bond acceptors (Lipinski definition) is 9. The van der Waals surface area contributed by atoms with Gasteiger partial charge >= 0.3 is 5.97 Å². The van der Waals surface area contributed by atoms with E-state index in [1.807, 2.05) is 61.8 Å². The Balaban J connectivity index is 0.000000383. The van der Waals surface area contributed by atoms with Gasteiger partial charge in [0, 0.05) is 23.7 Å². The summed E-state index contributed by atoms with van der Waals surface area (Å²) >= 11 is 2.57. The van der Waals surface area contributed by atoms with Crippen LogP contribution in [0.2, 0.25) is 0 Å². The number of carbonyl (C=O) groups is 3. The van der Waals surface area contributed by atoms with Crippen LogP contribution in [0, 0.1) is 6.92 Å². The lowest BCUT2D eigenvalue weighted by Gasteiger charge is -2.04. The first kappa shape index (κ1) is 26.7. The first-order valence-electron chi connectivity index (χ1n) is 11.1. The van der Waals surface area contributed by atoms with E-state index in [4.69, 9.17) is 4.74 Å². The van der Waals surface area contributed by atoms with E-state index in [0.29, 0.717) is 28.1 Å². The Labute approximate surface area is 217 Å². The van der Waals surface area contributed by atoms with Crippen LogP contribution in [-0.4, -0.2) is 41.8 Å². The van der Waals surface area contributed by atoms with E-state index in [-0.39, 0.29) is 12.3 Å². The van der Waals surface area contributed by atoms with Gasteiger partial charge < -0.3 is 15.4 Å². The highest BCUT2D eigenvalue weighted by molar-refractivity contribution is 7.18. The molecule has 0 saturated heterocycles. The molecule has 10 heteroatoms. The van der Waals surface area contributed by atoms with Gasteiger partial charge in [-0.25, -0.2) is 14.8 Å². The minimum atomic E-state index is -0.436. The van der Waals surface area contributed by atoms with Crippen molar-refractivity contribution < 1.29 is 19.1 Å². The second kappa shape index (κ2) is 13.3. The molecule has 0 radical (unpaired) electrons. The van der Waals surface area contributed by atoms with E-state index < -0.39 is 5.97 Å². The van der Waals surface area contributed by atoms with Gasteiger partial charge in [0.15, 0.2) is 5.13 Å². The summed E-state index contributed by atoms with van der Waals surface area (Å²) in [4.78, 5) is 43.7. The topological polar surface area (TPSA) is 110 Å². The number of thiazole rings is 2. The molecule has 2 heterocycles. The summed E-state index contributed by atoms with van der Waals surface area (Å²) in [6.45, 7) is 3.88. The maximum absolute atomic E-state index is 12.3. The number of nitrogens with zero attached hydrogens (tertiary/aromatic N) is 2. The van der Waals surface area contributed by atoms with Crippen LogP contribution < -0.4 is 10.6 Å². The number of aromatic nitrogens is 2. The van der Waals surface area contributed by atoms with Gasteiger partial charge in [0.2, 0.25) is 10.9 Å². The minimum Gasteiger partial charge on any atom is -0.461 e. The van der Waals surface area contributed by atoms with Gasteiger partial charge in [-0.05, 0) is 31.5 Å². The molecule has 2 aromatic heterocycles. The van der Waals surface area contributed by atoms with Gasteiger partial charge in [-0.2, -0.15) is 0 Å². The maximum atomic E-state index is 12.3. The van der Waals surface area contributed by atoms with Crippen molar-refractivity contribution in [1.29, 1.82) is 0 Å². The van der Waals surface area contributed by atoms with Crippen molar-refractivity contribution in [3.8, 4) is 10.6 Å². The van der Waals surface area contributed by atoms with Crippen LogP contribution in [0.5, 0.6) is 0 Å². The van der Waals surface area contributed by atoms with E-state index in [0.717, 1.165) is 28.0 Å². The van der Waals surface area contributed by atoms with Crippen LogP contribution in [-0.2, 0) is 16.0 Å². The number of amides is 1. The SMILES string of the molecule is CCOC(=O)c1nc(C)c(-c2csc(NC(=O)Cc3cccc(NC)c3)n2)s1.O=Cc1ccccc1. The molecule has 2 aromatic carbocycles. The molecule has 36 heavy (non-hydrogen) atoms.